The average molecular weight is 230 g/mol. The molecule has 0 saturated heterocycles. The van der Waals surface area contributed by atoms with Crippen molar-refractivity contribution in [3.8, 4) is 0 Å². The maximum atomic E-state index is 13.0. The number of hydrogen-bond donors (Lipinski definition) is 0. The first-order valence-electron chi connectivity index (χ1n) is 5.86. The van der Waals surface area contributed by atoms with Gasteiger partial charge in [0.05, 0.1) is 6.54 Å². The van der Waals surface area contributed by atoms with Crippen molar-refractivity contribution in [1.29, 1.82) is 0 Å². The van der Waals surface area contributed by atoms with Crippen LogP contribution in [0.25, 0.3) is 0 Å². The zero-order valence-electron chi connectivity index (χ0n) is 10.2. The van der Waals surface area contributed by atoms with Crippen LogP contribution >= 0.6 is 0 Å². The van der Waals surface area contributed by atoms with E-state index in [1.54, 1.807) is 17.0 Å². The second-order valence-electron chi connectivity index (χ2n) is 4.38. The van der Waals surface area contributed by atoms with Gasteiger partial charge in [-0.25, -0.2) is 13.8 Å². The summed E-state index contributed by atoms with van der Waals surface area (Å²) in [7, 11) is 0. The molecule has 0 aliphatic rings. The van der Waals surface area contributed by atoms with E-state index in [0.29, 0.717) is 5.92 Å². The van der Waals surface area contributed by atoms with Crippen molar-refractivity contribution in [3.63, 3.8) is 0 Å². The fraction of sp³-hybridized carbons (Fsp3) is 0.750. The van der Waals surface area contributed by atoms with Gasteiger partial charge in [-0.05, 0) is 12.8 Å². The quantitative estimate of drug-likeness (QED) is 0.726. The average Bonchev–Trinajstić information content (AvgIpc) is 2.59. The monoisotopic (exact) mass is 230 g/mol. The molecular formula is C12H20F2N2. The lowest BCUT2D eigenvalue weighted by Gasteiger charge is -2.18. The van der Waals surface area contributed by atoms with Crippen molar-refractivity contribution in [2.24, 2.45) is 0 Å². The van der Waals surface area contributed by atoms with Crippen LogP contribution in [0.1, 0.15) is 51.8 Å². The summed E-state index contributed by atoms with van der Waals surface area (Å²) in [6.45, 7) is 4.84. The maximum absolute atomic E-state index is 13.0. The molecule has 0 aliphatic heterocycles. The van der Waals surface area contributed by atoms with Crippen molar-refractivity contribution in [2.75, 3.05) is 0 Å². The van der Waals surface area contributed by atoms with Crippen LogP contribution in [0.3, 0.4) is 0 Å². The molecule has 0 aliphatic carbocycles. The normalized spacial score (nSPS) is 14.1. The summed E-state index contributed by atoms with van der Waals surface area (Å²) >= 11 is 0. The molecule has 0 aromatic carbocycles. The summed E-state index contributed by atoms with van der Waals surface area (Å²) in [6.07, 6.45) is 6.25. The molecular weight excluding hydrogens is 210 g/mol. The predicted octanol–water partition coefficient (Wildman–Crippen LogP) is 3.83. The minimum absolute atomic E-state index is 0.275. The van der Waals surface area contributed by atoms with E-state index in [1.807, 2.05) is 0 Å². The first-order chi connectivity index (χ1) is 7.48. The zero-order valence-corrected chi connectivity index (χ0v) is 10.2. The van der Waals surface area contributed by atoms with Gasteiger partial charge in [0.25, 0.3) is 5.92 Å². The molecule has 0 spiro atoms. The number of aromatic nitrogens is 2. The van der Waals surface area contributed by atoms with Gasteiger partial charge < -0.3 is 4.57 Å². The molecule has 1 unspecified atom stereocenters. The van der Waals surface area contributed by atoms with E-state index >= 15 is 0 Å². The van der Waals surface area contributed by atoms with E-state index in [4.69, 9.17) is 0 Å². The van der Waals surface area contributed by atoms with Gasteiger partial charge in [-0.2, -0.15) is 0 Å². The molecule has 4 heteroatoms. The highest BCUT2D eigenvalue weighted by atomic mass is 19.3. The third-order valence-corrected chi connectivity index (χ3v) is 2.69. The van der Waals surface area contributed by atoms with Crippen molar-refractivity contribution in [1.82, 2.24) is 9.55 Å². The summed E-state index contributed by atoms with van der Waals surface area (Å²) in [4.78, 5) is 4.22. The molecule has 2 nitrogen and oxygen atoms in total. The third kappa shape index (κ3) is 3.58. The molecule has 0 radical (unpaired) electrons. The Morgan fingerprint density at radius 3 is 2.62 bits per heavy atom. The molecule has 0 amide bonds. The maximum Gasteiger partial charge on any atom is 0.262 e. The van der Waals surface area contributed by atoms with Crippen molar-refractivity contribution >= 4 is 0 Å². The standard InChI is InChI=1S/C12H20F2N2/c1-4-6-10(5-2)11-15-7-8-16(11)9-12(3,13)14/h7-8,10H,4-6,9H2,1-3H3. The van der Waals surface area contributed by atoms with E-state index in [2.05, 4.69) is 18.8 Å². The second-order valence-corrected chi connectivity index (χ2v) is 4.38. The lowest BCUT2D eigenvalue weighted by molar-refractivity contribution is 0.00282. The molecule has 16 heavy (non-hydrogen) atoms. The number of alkyl halides is 2. The van der Waals surface area contributed by atoms with Gasteiger partial charge in [0.2, 0.25) is 0 Å². The first-order valence-corrected chi connectivity index (χ1v) is 5.86. The van der Waals surface area contributed by atoms with Crippen LogP contribution in [0.15, 0.2) is 12.4 Å². The van der Waals surface area contributed by atoms with Crippen LogP contribution in [0.5, 0.6) is 0 Å². The van der Waals surface area contributed by atoms with Crippen LogP contribution in [-0.2, 0) is 6.54 Å². The number of halogens is 2. The minimum Gasteiger partial charge on any atom is -0.329 e. The van der Waals surface area contributed by atoms with Crippen LogP contribution < -0.4 is 0 Å². The van der Waals surface area contributed by atoms with E-state index in [9.17, 15) is 8.78 Å². The zero-order chi connectivity index (χ0) is 12.2. The molecule has 1 aromatic heterocycles. The Labute approximate surface area is 95.7 Å². The molecule has 0 saturated carbocycles. The molecule has 1 rings (SSSR count). The molecule has 92 valence electrons. The van der Waals surface area contributed by atoms with Crippen LogP contribution in [-0.4, -0.2) is 15.5 Å². The molecule has 0 fully saturated rings. The molecule has 1 atom stereocenters. The fourth-order valence-corrected chi connectivity index (χ4v) is 1.98. The highest BCUT2D eigenvalue weighted by Gasteiger charge is 2.24. The van der Waals surface area contributed by atoms with Gasteiger partial charge >= 0.3 is 0 Å². The topological polar surface area (TPSA) is 17.8 Å². The fourth-order valence-electron chi connectivity index (χ4n) is 1.98. The summed E-state index contributed by atoms with van der Waals surface area (Å²) in [5.41, 5.74) is 0. The Kier molecular flexibility index (Phi) is 4.44. The van der Waals surface area contributed by atoms with E-state index in [1.165, 1.54) is 0 Å². The highest BCUT2D eigenvalue weighted by Crippen LogP contribution is 2.25. The van der Waals surface area contributed by atoms with E-state index < -0.39 is 5.92 Å². The Balaban J connectivity index is 2.83. The van der Waals surface area contributed by atoms with Crippen molar-refractivity contribution in [3.05, 3.63) is 18.2 Å². The highest BCUT2D eigenvalue weighted by molar-refractivity contribution is 5.00. The van der Waals surface area contributed by atoms with Crippen molar-refractivity contribution in [2.45, 2.75) is 58.4 Å². The lowest BCUT2D eigenvalue weighted by Crippen LogP contribution is -2.21. The minimum atomic E-state index is -2.68. The molecule has 0 N–H and O–H groups in total. The van der Waals surface area contributed by atoms with Crippen LogP contribution in [0.2, 0.25) is 0 Å². The second kappa shape index (κ2) is 5.41. The first kappa shape index (κ1) is 13.1. The molecule has 1 aromatic rings. The Morgan fingerprint density at radius 1 is 1.44 bits per heavy atom. The molecule has 0 bridgehead atoms. The van der Waals surface area contributed by atoms with Crippen molar-refractivity contribution < 1.29 is 8.78 Å². The Bertz CT molecular complexity index is 315. The van der Waals surface area contributed by atoms with Gasteiger partial charge in [0.15, 0.2) is 0 Å². The lowest BCUT2D eigenvalue weighted by atomic mass is 10.00. The predicted molar refractivity (Wildman–Crippen MR) is 60.8 cm³/mol. The van der Waals surface area contributed by atoms with Gasteiger partial charge in [0, 0.05) is 25.2 Å². The van der Waals surface area contributed by atoms with E-state index in [-0.39, 0.29) is 6.54 Å². The van der Waals surface area contributed by atoms with Gasteiger partial charge in [-0.1, -0.05) is 20.3 Å². The van der Waals surface area contributed by atoms with Gasteiger partial charge in [0.1, 0.15) is 5.82 Å². The smallest absolute Gasteiger partial charge is 0.262 e. The number of hydrogen-bond acceptors (Lipinski definition) is 1. The SMILES string of the molecule is CCCC(CC)c1nccn1CC(C)(F)F. The number of nitrogens with zero attached hydrogens (tertiary/aromatic N) is 2. The Hall–Kier alpha value is -0.930. The largest absolute Gasteiger partial charge is 0.329 e. The number of imidazole rings is 1. The molecule has 1 heterocycles. The third-order valence-electron chi connectivity index (χ3n) is 2.69. The summed E-state index contributed by atoms with van der Waals surface area (Å²) in [5.74, 6) is -1.59. The van der Waals surface area contributed by atoms with Crippen LogP contribution in [0, 0.1) is 0 Å². The Morgan fingerprint density at radius 2 is 2.12 bits per heavy atom. The van der Waals surface area contributed by atoms with Crippen LogP contribution in [0.4, 0.5) is 8.78 Å². The summed E-state index contributed by atoms with van der Waals surface area (Å²) in [6, 6.07) is 0. The van der Waals surface area contributed by atoms with Gasteiger partial charge in [-0.3, -0.25) is 0 Å². The summed E-state index contributed by atoms with van der Waals surface area (Å²) < 4.78 is 27.5. The van der Waals surface area contributed by atoms with E-state index in [0.717, 1.165) is 32.0 Å². The summed E-state index contributed by atoms with van der Waals surface area (Å²) in [5, 5.41) is 0. The number of rotatable bonds is 6. The van der Waals surface area contributed by atoms with Gasteiger partial charge in [-0.15, -0.1) is 0 Å².